The topological polar surface area (TPSA) is 17.4 Å². The Hall–Kier alpha value is -1.03. The molecule has 0 unspecified atom stereocenters. The lowest BCUT2D eigenvalue weighted by Gasteiger charge is -2.27. The quantitative estimate of drug-likeness (QED) is 0.858. The van der Waals surface area contributed by atoms with Crippen molar-refractivity contribution in [2.45, 2.75) is 26.4 Å². The lowest BCUT2D eigenvalue weighted by molar-refractivity contribution is 0.0331. The van der Waals surface area contributed by atoms with E-state index in [9.17, 15) is 0 Å². The third-order valence-corrected chi connectivity index (χ3v) is 4.20. The molecule has 0 saturated carbocycles. The molecule has 4 heteroatoms. The Balaban J connectivity index is 2.01. The smallest absolute Gasteiger partial charge is 0.0674 e. The lowest BCUT2D eigenvalue weighted by atomic mass is 10.2. The molecule has 1 aliphatic heterocycles. The number of morpholine rings is 1. The van der Waals surface area contributed by atoms with Gasteiger partial charge in [-0.15, -0.1) is 0 Å². The zero-order valence-corrected chi connectivity index (χ0v) is 12.9. The first-order valence-corrected chi connectivity index (χ1v) is 7.63. The molecule has 1 aromatic carbocycles. The second-order valence-corrected chi connectivity index (χ2v) is 6.07. The summed E-state index contributed by atoms with van der Waals surface area (Å²) in [5.74, 6) is 0. The van der Waals surface area contributed by atoms with Crippen LogP contribution in [0.5, 0.6) is 0 Å². The maximum absolute atomic E-state index is 6.41. The van der Waals surface area contributed by atoms with Gasteiger partial charge in [0, 0.05) is 36.8 Å². The predicted molar refractivity (Wildman–Crippen MR) is 83.4 cm³/mol. The van der Waals surface area contributed by atoms with E-state index in [2.05, 4.69) is 35.4 Å². The van der Waals surface area contributed by atoms with E-state index in [1.807, 2.05) is 12.1 Å². The first-order chi connectivity index (χ1) is 9.66. The first kappa shape index (κ1) is 13.9. The number of aromatic nitrogens is 1. The van der Waals surface area contributed by atoms with Crippen molar-refractivity contribution in [3.63, 3.8) is 0 Å². The predicted octanol–water partition coefficient (Wildman–Crippen LogP) is 3.71. The molecule has 0 amide bonds. The standard InChI is InChI=1S/C16H21ClN2O/c1-12(2)19-14(11-18-6-8-20-9-7-18)10-13-4-3-5-15(17)16(13)19/h3-5,10,12H,6-9,11H2,1-2H3. The second kappa shape index (κ2) is 5.76. The summed E-state index contributed by atoms with van der Waals surface area (Å²) in [6.07, 6.45) is 0. The van der Waals surface area contributed by atoms with Gasteiger partial charge in [0.05, 0.1) is 23.8 Å². The molecule has 3 nitrogen and oxygen atoms in total. The first-order valence-electron chi connectivity index (χ1n) is 7.25. The molecule has 108 valence electrons. The van der Waals surface area contributed by atoms with E-state index in [1.54, 1.807) is 0 Å². The van der Waals surface area contributed by atoms with Crippen LogP contribution in [0.15, 0.2) is 24.3 Å². The maximum Gasteiger partial charge on any atom is 0.0674 e. The molecule has 0 atom stereocenters. The van der Waals surface area contributed by atoms with Crippen molar-refractivity contribution >= 4 is 22.5 Å². The third-order valence-electron chi connectivity index (χ3n) is 3.90. The van der Waals surface area contributed by atoms with E-state index in [4.69, 9.17) is 16.3 Å². The van der Waals surface area contributed by atoms with Crippen LogP contribution in [0.2, 0.25) is 5.02 Å². The van der Waals surface area contributed by atoms with Crippen molar-refractivity contribution in [1.29, 1.82) is 0 Å². The number of ether oxygens (including phenoxy) is 1. The molecule has 1 fully saturated rings. The van der Waals surface area contributed by atoms with Crippen LogP contribution in [0.25, 0.3) is 10.9 Å². The summed E-state index contributed by atoms with van der Waals surface area (Å²) in [5.41, 5.74) is 2.50. The Bertz CT molecular complexity index is 600. The van der Waals surface area contributed by atoms with Crippen LogP contribution in [0, 0.1) is 0 Å². The fraction of sp³-hybridized carbons (Fsp3) is 0.500. The van der Waals surface area contributed by atoms with Gasteiger partial charge >= 0.3 is 0 Å². The van der Waals surface area contributed by atoms with Crippen LogP contribution in [-0.2, 0) is 11.3 Å². The van der Waals surface area contributed by atoms with E-state index in [0.29, 0.717) is 6.04 Å². The minimum atomic E-state index is 0.406. The maximum atomic E-state index is 6.41. The molecule has 3 rings (SSSR count). The molecule has 0 N–H and O–H groups in total. The number of nitrogens with zero attached hydrogens (tertiary/aromatic N) is 2. The number of fused-ring (bicyclic) bond motifs is 1. The summed E-state index contributed by atoms with van der Waals surface area (Å²) >= 11 is 6.41. The highest BCUT2D eigenvalue weighted by Gasteiger charge is 2.17. The van der Waals surface area contributed by atoms with Gasteiger partial charge < -0.3 is 9.30 Å². The van der Waals surface area contributed by atoms with Crippen LogP contribution in [0.4, 0.5) is 0 Å². The SMILES string of the molecule is CC(C)n1c(CN2CCOCC2)cc2cccc(Cl)c21. The normalized spacial score (nSPS) is 17.2. The highest BCUT2D eigenvalue weighted by molar-refractivity contribution is 6.35. The van der Waals surface area contributed by atoms with Crippen molar-refractivity contribution in [3.05, 3.63) is 35.0 Å². The number of hydrogen-bond acceptors (Lipinski definition) is 2. The molecule has 0 aliphatic carbocycles. The fourth-order valence-electron chi connectivity index (χ4n) is 3.00. The Morgan fingerprint density at radius 3 is 2.70 bits per heavy atom. The lowest BCUT2D eigenvalue weighted by Crippen LogP contribution is -2.36. The van der Waals surface area contributed by atoms with E-state index >= 15 is 0 Å². The fourth-order valence-corrected chi connectivity index (χ4v) is 3.27. The minimum absolute atomic E-state index is 0.406. The second-order valence-electron chi connectivity index (χ2n) is 5.67. The van der Waals surface area contributed by atoms with Crippen LogP contribution >= 0.6 is 11.6 Å². The van der Waals surface area contributed by atoms with Crippen molar-refractivity contribution in [3.8, 4) is 0 Å². The minimum Gasteiger partial charge on any atom is -0.379 e. The van der Waals surface area contributed by atoms with Gasteiger partial charge in [0.1, 0.15) is 0 Å². The van der Waals surface area contributed by atoms with Crippen LogP contribution in [0.1, 0.15) is 25.6 Å². The summed E-state index contributed by atoms with van der Waals surface area (Å²) in [6, 6.07) is 8.82. The van der Waals surface area contributed by atoms with E-state index in [1.165, 1.54) is 11.1 Å². The number of para-hydroxylation sites is 1. The number of rotatable bonds is 3. The van der Waals surface area contributed by atoms with Crippen LogP contribution in [0.3, 0.4) is 0 Å². The molecule has 1 aromatic heterocycles. The van der Waals surface area contributed by atoms with E-state index < -0.39 is 0 Å². The van der Waals surface area contributed by atoms with Crippen LogP contribution < -0.4 is 0 Å². The average Bonchev–Trinajstić information content (AvgIpc) is 2.79. The van der Waals surface area contributed by atoms with Gasteiger partial charge in [0.25, 0.3) is 0 Å². The molecular weight excluding hydrogens is 272 g/mol. The van der Waals surface area contributed by atoms with Crippen molar-refractivity contribution < 1.29 is 4.74 Å². The van der Waals surface area contributed by atoms with E-state index in [-0.39, 0.29) is 0 Å². The van der Waals surface area contributed by atoms with Gasteiger partial charge in [-0.05, 0) is 26.0 Å². The molecule has 2 heterocycles. The Labute approximate surface area is 125 Å². The average molecular weight is 293 g/mol. The molecule has 0 radical (unpaired) electrons. The molecule has 20 heavy (non-hydrogen) atoms. The molecule has 1 saturated heterocycles. The van der Waals surface area contributed by atoms with Gasteiger partial charge in [0.15, 0.2) is 0 Å². The van der Waals surface area contributed by atoms with Crippen molar-refractivity contribution in [2.75, 3.05) is 26.3 Å². The molecule has 1 aliphatic rings. The van der Waals surface area contributed by atoms with Gasteiger partial charge in [-0.25, -0.2) is 0 Å². The number of halogens is 1. The van der Waals surface area contributed by atoms with E-state index in [0.717, 1.165) is 43.4 Å². The van der Waals surface area contributed by atoms with Gasteiger partial charge in [-0.1, -0.05) is 23.7 Å². The summed E-state index contributed by atoms with van der Waals surface area (Å²) in [4.78, 5) is 2.45. The highest BCUT2D eigenvalue weighted by Crippen LogP contribution is 2.30. The van der Waals surface area contributed by atoms with Crippen molar-refractivity contribution in [1.82, 2.24) is 9.47 Å². The zero-order valence-electron chi connectivity index (χ0n) is 12.1. The summed E-state index contributed by atoms with van der Waals surface area (Å²) < 4.78 is 7.79. The Morgan fingerprint density at radius 2 is 2.00 bits per heavy atom. The molecular formula is C16H21ClN2O. The van der Waals surface area contributed by atoms with Gasteiger partial charge in [-0.3, -0.25) is 4.90 Å². The molecule has 0 spiro atoms. The monoisotopic (exact) mass is 292 g/mol. The van der Waals surface area contributed by atoms with Crippen LogP contribution in [-0.4, -0.2) is 35.8 Å². The molecule has 2 aromatic rings. The van der Waals surface area contributed by atoms with Gasteiger partial charge in [-0.2, -0.15) is 0 Å². The number of hydrogen-bond donors (Lipinski definition) is 0. The third kappa shape index (κ3) is 2.58. The van der Waals surface area contributed by atoms with Crippen molar-refractivity contribution in [2.24, 2.45) is 0 Å². The Kier molecular flexibility index (Phi) is 4.01. The summed E-state index contributed by atoms with van der Waals surface area (Å²) in [6.45, 7) is 9.08. The van der Waals surface area contributed by atoms with Gasteiger partial charge in [0.2, 0.25) is 0 Å². The molecule has 0 bridgehead atoms. The number of benzene rings is 1. The highest BCUT2D eigenvalue weighted by atomic mass is 35.5. The largest absolute Gasteiger partial charge is 0.379 e. The Morgan fingerprint density at radius 1 is 1.25 bits per heavy atom. The summed E-state index contributed by atoms with van der Waals surface area (Å²) in [5, 5.41) is 2.07. The zero-order chi connectivity index (χ0) is 14.1. The summed E-state index contributed by atoms with van der Waals surface area (Å²) in [7, 11) is 0.